The van der Waals surface area contributed by atoms with Crippen molar-refractivity contribution in [1.82, 2.24) is 0 Å². The first kappa shape index (κ1) is 23.4. The quantitative estimate of drug-likeness (QED) is 0.289. The van der Waals surface area contributed by atoms with Crippen LogP contribution in [0, 0.1) is 0 Å². The summed E-state index contributed by atoms with van der Waals surface area (Å²) in [6.45, 7) is 2.25. The molecule has 130 valence electrons. The summed E-state index contributed by atoms with van der Waals surface area (Å²) in [6, 6.07) is 0. The van der Waals surface area contributed by atoms with Gasteiger partial charge >= 0.3 is 5.97 Å². The molecule has 0 aromatic rings. The Labute approximate surface area is 141 Å². The fourth-order valence-electron chi connectivity index (χ4n) is 1.92. The van der Waals surface area contributed by atoms with E-state index in [1.165, 1.54) is 51.0 Å². The second-order valence-electron chi connectivity index (χ2n) is 5.19. The van der Waals surface area contributed by atoms with Crippen molar-refractivity contribution >= 4 is 5.97 Å². The second-order valence-corrected chi connectivity index (χ2v) is 5.19. The van der Waals surface area contributed by atoms with Crippen molar-refractivity contribution in [2.45, 2.75) is 58.3 Å². The van der Waals surface area contributed by atoms with Crippen LogP contribution < -0.4 is 0 Å². The van der Waals surface area contributed by atoms with Crippen LogP contribution in [0.2, 0.25) is 0 Å². The third-order valence-corrected chi connectivity index (χ3v) is 3.13. The Bertz CT molecular complexity index is 401. The highest BCUT2D eigenvalue weighted by Crippen LogP contribution is 2.08. The number of carboxylic acids is 1. The summed E-state index contributed by atoms with van der Waals surface area (Å²) in [7, 11) is 0. The summed E-state index contributed by atoms with van der Waals surface area (Å²) in [5, 5.41) is 8.38. The maximum absolute atomic E-state index is 10.2. The molecule has 0 aliphatic carbocycles. The van der Waals surface area contributed by atoms with Crippen molar-refractivity contribution in [3.05, 3.63) is 60.8 Å². The van der Waals surface area contributed by atoms with Crippen molar-refractivity contribution in [3.8, 4) is 0 Å². The number of hydrogen-bond donors (Lipinski definition) is 1. The Morgan fingerprint density at radius 1 is 0.739 bits per heavy atom. The van der Waals surface area contributed by atoms with Gasteiger partial charge in [0.05, 0.1) is 0 Å². The lowest BCUT2D eigenvalue weighted by atomic mass is 10.1. The van der Waals surface area contributed by atoms with Gasteiger partial charge < -0.3 is 10.6 Å². The lowest BCUT2D eigenvalue weighted by molar-refractivity contribution is -0.131. The highest BCUT2D eigenvalue weighted by atomic mass is 16.4. The summed E-state index contributed by atoms with van der Waals surface area (Å²) < 4.78 is 0. The molecule has 0 aromatic carbocycles. The molecule has 0 rings (SSSR count). The molecular weight excluding hydrogens is 288 g/mol. The molecule has 23 heavy (non-hydrogen) atoms. The van der Waals surface area contributed by atoms with E-state index in [2.05, 4.69) is 19.1 Å². The molecule has 0 spiro atoms. The van der Waals surface area contributed by atoms with Gasteiger partial charge in [-0.05, 0) is 12.8 Å². The largest absolute Gasteiger partial charge is 0.478 e. The van der Waals surface area contributed by atoms with E-state index in [9.17, 15) is 4.79 Å². The number of aliphatic carboxylic acids is 1. The maximum atomic E-state index is 10.2. The number of allylic oxidation sites excluding steroid dienone is 9. The van der Waals surface area contributed by atoms with E-state index in [4.69, 9.17) is 5.11 Å². The van der Waals surface area contributed by atoms with Crippen molar-refractivity contribution in [2.24, 2.45) is 0 Å². The predicted molar refractivity (Wildman–Crippen MR) is 99.6 cm³/mol. The molecule has 0 aliphatic heterocycles. The fourth-order valence-corrected chi connectivity index (χ4v) is 1.92. The van der Waals surface area contributed by atoms with Gasteiger partial charge in [0.15, 0.2) is 0 Å². The number of unbranched alkanes of at least 4 members (excludes halogenated alkanes) is 7. The molecule has 0 amide bonds. The first-order chi connectivity index (χ1) is 10.8. The van der Waals surface area contributed by atoms with E-state index in [0.717, 1.165) is 12.5 Å². The van der Waals surface area contributed by atoms with Gasteiger partial charge in [-0.2, -0.15) is 0 Å². The molecule has 0 radical (unpaired) electrons. The molecule has 0 bridgehead atoms. The summed E-state index contributed by atoms with van der Waals surface area (Å²) in [4.78, 5) is 10.2. The van der Waals surface area contributed by atoms with Crippen LogP contribution in [0.25, 0.3) is 0 Å². The molecule has 0 saturated heterocycles. The normalized spacial score (nSPS) is 12.2. The van der Waals surface area contributed by atoms with Gasteiger partial charge in [0.2, 0.25) is 0 Å². The van der Waals surface area contributed by atoms with Gasteiger partial charge in [-0.25, -0.2) is 4.79 Å². The Hall–Kier alpha value is -1.87. The highest BCUT2D eigenvalue weighted by Gasteiger charge is 1.88. The van der Waals surface area contributed by atoms with Crippen molar-refractivity contribution in [1.29, 1.82) is 0 Å². The monoisotopic (exact) mass is 320 g/mol. The van der Waals surface area contributed by atoms with E-state index in [1.807, 2.05) is 24.3 Å². The van der Waals surface area contributed by atoms with Crippen molar-refractivity contribution in [3.63, 3.8) is 0 Å². The zero-order chi connectivity index (χ0) is 16.3. The molecule has 0 atom stereocenters. The lowest BCUT2D eigenvalue weighted by Crippen LogP contribution is -1.84. The Morgan fingerprint density at radius 2 is 1.22 bits per heavy atom. The van der Waals surface area contributed by atoms with E-state index >= 15 is 0 Å². The van der Waals surface area contributed by atoms with Gasteiger partial charge in [0.25, 0.3) is 0 Å². The van der Waals surface area contributed by atoms with E-state index in [-0.39, 0.29) is 5.48 Å². The smallest absolute Gasteiger partial charge is 0.328 e. The SMILES string of the molecule is CCCCCCCCCC=CC=CC=CC=CC=CC(=O)O.O. The molecule has 3 heteroatoms. The standard InChI is InChI=1S/C20H30O2.H2O/c1-2-3-4-5-6-7-8-9-10-11-12-13-14-15-16-17-18-19-20(21)22;/h10-19H,2-9H2,1H3,(H,21,22);1H2. The van der Waals surface area contributed by atoms with Crippen LogP contribution >= 0.6 is 0 Å². The summed E-state index contributed by atoms with van der Waals surface area (Å²) in [5.41, 5.74) is 0. The zero-order valence-electron chi connectivity index (χ0n) is 14.3. The van der Waals surface area contributed by atoms with Crippen LogP contribution in [-0.4, -0.2) is 16.6 Å². The van der Waals surface area contributed by atoms with Gasteiger partial charge in [-0.1, -0.05) is 100 Å². The molecule has 0 aliphatic rings. The van der Waals surface area contributed by atoms with E-state index in [1.54, 1.807) is 12.2 Å². The van der Waals surface area contributed by atoms with Gasteiger partial charge in [0, 0.05) is 6.08 Å². The maximum Gasteiger partial charge on any atom is 0.328 e. The summed E-state index contributed by atoms with van der Waals surface area (Å²) in [6.07, 6.45) is 28.8. The third kappa shape index (κ3) is 22.5. The molecule has 0 aromatic heterocycles. The third-order valence-electron chi connectivity index (χ3n) is 3.13. The first-order valence-electron chi connectivity index (χ1n) is 8.33. The summed E-state index contributed by atoms with van der Waals surface area (Å²) in [5.74, 6) is -0.931. The molecule has 0 heterocycles. The minimum absolute atomic E-state index is 0. The molecule has 0 saturated carbocycles. The Balaban J connectivity index is 0. The van der Waals surface area contributed by atoms with Gasteiger partial charge in [-0.15, -0.1) is 0 Å². The van der Waals surface area contributed by atoms with Crippen molar-refractivity contribution in [2.75, 3.05) is 0 Å². The molecule has 0 unspecified atom stereocenters. The van der Waals surface area contributed by atoms with Gasteiger partial charge in [-0.3, -0.25) is 0 Å². The summed E-state index contributed by atoms with van der Waals surface area (Å²) >= 11 is 0. The van der Waals surface area contributed by atoms with Crippen LogP contribution in [-0.2, 0) is 4.79 Å². The average molecular weight is 320 g/mol. The minimum Gasteiger partial charge on any atom is -0.478 e. The number of rotatable bonds is 13. The molecule has 3 nitrogen and oxygen atoms in total. The van der Waals surface area contributed by atoms with Crippen LogP contribution in [0.1, 0.15) is 58.3 Å². The van der Waals surface area contributed by atoms with Crippen LogP contribution in [0.15, 0.2) is 60.8 Å². The number of carbonyl (C=O) groups is 1. The topological polar surface area (TPSA) is 68.8 Å². The molecule has 0 fully saturated rings. The van der Waals surface area contributed by atoms with Crippen LogP contribution in [0.5, 0.6) is 0 Å². The lowest BCUT2D eigenvalue weighted by Gasteiger charge is -1.98. The minimum atomic E-state index is -0.931. The van der Waals surface area contributed by atoms with Crippen LogP contribution in [0.3, 0.4) is 0 Å². The first-order valence-corrected chi connectivity index (χ1v) is 8.33. The predicted octanol–water partition coefficient (Wildman–Crippen LogP) is 5.17. The van der Waals surface area contributed by atoms with Crippen molar-refractivity contribution < 1.29 is 15.4 Å². The fraction of sp³-hybridized carbons (Fsp3) is 0.450. The average Bonchev–Trinajstić information content (AvgIpc) is 2.50. The molecular formula is C20H32O3. The van der Waals surface area contributed by atoms with Crippen LogP contribution in [0.4, 0.5) is 0 Å². The zero-order valence-corrected chi connectivity index (χ0v) is 14.3. The number of carboxylic acid groups (broad SMARTS) is 1. The van der Waals surface area contributed by atoms with Gasteiger partial charge in [0.1, 0.15) is 0 Å². The van der Waals surface area contributed by atoms with E-state index in [0.29, 0.717) is 0 Å². The highest BCUT2D eigenvalue weighted by molar-refractivity contribution is 5.80. The Kier molecular flexibility index (Phi) is 20.5. The Morgan fingerprint density at radius 3 is 1.78 bits per heavy atom. The number of hydrogen-bond acceptors (Lipinski definition) is 1. The van der Waals surface area contributed by atoms with E-state index < -0.39 is 5.97 Å². The molecule has 3 N–H and O–H groups in total. The second kappa shape index (κ2) is 20.1.